The fourth-order valence-electron chi connectivity index (χ4n) is 1.89. The van der Waals surface area contributed by atoms with Gasteiger partial charge in [0.15, 0.2) is 0 Å². The van der Waals surface area contributed by atoms with E-state index in [9.17, 15) is 0 Å². The molecule has 0 aliphatic rings. The summed E-state index contributed by atoms with van der Waals surface area (Å²) in [6, 6.07) is 16.7. The second-order valence-electron chi connectivity index (χ2n) is 4.22. The Morgan fingerprint density at radius 1 is 1.05 bits per heavy atom. The normalized spacial score (nSPS) is 10.2. The summed E-state index contributed by atoms with van der Waals surface area (Å²) in [5.74, 6) is 1.20. The van der Waals surface area contributed by atoms with Crippen molar-refractivity contribution in [2.75, 3.05) is 0 Å². The Kier molecular flexibility index (Phi) is 3.24. The van der Waals surface area contributed by atoms with E-state index < -0.39 is 0 Å². The van der Waals surface area contributed by atoms with Crippen LogP contribution in [0.2, 0.25) is 5.02 Å². The second-order valence-corrected chi connectivity index (χ2v) is 4.63. The zero-order chi connectivity index (χ0) is 13.9. The van der Waals surface area contributed by atoms with Crippen LogP contribution in [0.1, 0.15) is 5.56 Å². The molecule has 0 aliphatic carbocycles. The smallest absolute Gasteiger partial charge is 0.146 e. The van der Waals surface area contributed by atoms with Crippen LogP contribution < -0.4 is 4.74 Å². The third-order valence-corrected chi connectivity index (χ3v) is 3.17. The quantitative estimate of drug-likeness (QED) is 0.691. The number of rotatable bonds is 2. The molecule has 0 bridgehead atoms. The maximum atomic E-state index is 8.83. The summed E-state index contributed by atoms with van der Waals surface area (Å²) in [5.41, 5.74) is 1.34. The molecule has 20 heavy (non-hydrogen) atoms. The van der Waals surface area contributed by atoms with Gasteiger partial charge in [0.05, 0.1) is 22.3 Å². The van der Waals surface area contributed by atoms with Crippen LogP contribution in [0.3, 0.4) is 0 Å². The highest BCUT2D eigenvalue weighted by Crippen LogP contribution is 2.27. The SMILES string of the molecule is N#Cc1ccc(Oc2cnc3ccccc3c2)cc1Cl. The number of ether oxygens (including phenoxy) is 1. The minimum atomic E-state index is 0.374. The predicted molar refractivity (Wildman–Crippen MR) is 78.0 cm³/mol. The number of benzene rings is 2. The number of nitrogens with zero attached hydrogens (tertiary/aromatic N) is 2. The average molecular weight is 281 g/mol. The second kappa shape index (κ2) is 5.20. The van der Waals surface area contributed by atoms with Crippen molar-refractivity contribution in [1.82, 2.24) is 4.98 Å². The number of pyridine rings is 1. The Morgan fingerprint density at radius 3 is 2.70 bits per heavy atom. The predicted octanol–water partition coefficient (Wildman–Crippen LogP) is 4.55. The molecule has 0 atom stereocenters. The van der Waals surface area contributed by atoms with E-state index in [0.29, 0.717) is 22.1 Å². The molecule has 0 saturated carbocycles. The van der Waals surface area contributed by atoms with Gasteiger partial charge in [0.2, 0.25) is 0 Å². The molecule has 0 aliphatic heterocycles. The summed E-state index contributed by atoms with van der Waals surface area (Å²) in [7, 11) is 0. The first-order valence-electron chi connectivity index (χ1n) is 5.98. The zero-order valence-corrected chi connectivity index (χ0v) is 11.1. The van der Waals surface area contributed by atoms with Crippen molar-refractivity contribution in [3.63, 3.8) is 0 Å². The first-order chi connectivity index (χ1) is 9.76. The van der Waals surface area contributed by atoms with Gasteiger partial charge in [-0.1, -0.05) is 29.8 Å². The summed E-state index contributed by atoms with van der Waals surface area (Å²) in [6.07, 6.45) is 1.66. The van der Waals surface area contributed by atoms with Crippen LogP contribution in [-0.2, 0) is 0 Å². The van der Waals surface area contributed by atoms with E-state index in [1.165, 1.54) is 0 Å². The molecule has 3 nitrogen and oxygen atoms in total. The Morgan fingerprint density at radius 2 is 1.90 bits per heavy atom. The van der Waals surface area contributed by atoms with Crippen molar-refractivity contribution in [2.24, 2.45) is 0 Å². The molecular formula is C16H9ClN2O. The number of nitriles is 1. The van der Waals surface area contributed by atoms with E-state index in [1.54, 1.807) is 24.4 Å². The van der Waals surface area contributed by atoms with Crippen molar-refractivity contribution in [1.29, 1.82) is 5.26 Å². The van der Waals surface area contributed by atoms with Crippen LogP contribution in [0, 0.1) is 11.3 Å². The maximum Gasteiger partial charge on any atom is 0.146 e. The first kappa shape index (κ1) is 12.5. The molecule has 1 aromatic heterocycles. The van der Waals surface area contributed by atoms with Gasteiger partial charge in [-0.05, 0) is 24.3 Å². The van der Waals surface area contributed by atoms with Gasteiger partial charge >= 0.3 is 0 Å². The van der Waals surface area contributed by atoms with Crippen molar-refractivity contribution in [2.45, 2.75) is 0 Å². The van der Waals surface area contributed by atoms with E-state index in [0.717, 1.165) is 10.9 Å². The van der Waals surface area contributed by atoms with Crippen LogP contribution in [-0.4, -0.2) is 4.98 Å². The average Bonchev–Trinajstić information content (AvgIpc) is 2.47. The van der Waals surface area contributed by atoms with Crippen LogP contribution in [0.25, 0.3) is 10.9 Å². The van der Waals surface area contributed by atoms with Gasteiger partial charge in [-0.15, -0.1) is 0 Å². The van der Waals surface area contributed by atoms with E-state index in [4.69, 9.17) is 21.6 Å². The van der Waals surface area contributed by atoms with Gasteiger partial charge in [-0.25, -0.2) is 0 Å². The lowest BCUT2D eigenvalue weighted by molar-refractivity contribution is 0.481. The number of halogens is 1. The molecular weight excluding hydrogens is 272 g/mol. The van der Waals surface area contributed by atoms with Gasteiger partial charge in [0.25, 0.3) is 0 Å². The highest BCUT2D eigenvalue weighted by Gasteiger charge is 2.04. The van der Waals surface area contributed by atoms with Crippen molar-refractivity contribution in [3.05, 3.63) is 65.3 Å². The minimum absolute atomic E-state index is 0.374. The monoisotopic (exact) mass is 280 g/mol. The van der Waals surface area contributed by atoms with Gasteiger partial charge in [0, 0.05) is 11.5 Å². The largest absolute Gasteiger partial charge is 0.456 e. The van der Waals surface area contributed by atoms with Crippen molar-refractivity contribution < 1.29 is 4.74 Å². The molecule has 0 spiro atoms. The Balaban J connectivity index is 1.93. The fraction of sp³-hybridized carbons (Fsp3) is 0. The first-order valence-corrected chi connectivity index (χ1v) is 6.36. The van der Waals surface area contributed by atoms with E-state index in [1.807, 2.05) is 36.4 Å². The van der Waals surface area contributed by atoms with E-state index in [2.05, 4.69) is 4.98 Å². The van der Waals surface area contributed by atoms with Gasteiger partial charge in [0.1, 0.15) is 17.6 Å². The summed E-state index contributed by atoms with van der Waals surface area (Å²) in [5, 5.41) is 10.2. The summed E-state index contributed by atoms with van der Waals surface area (Å²) >= 11 is 5.97. The highest BCUT2D eigenvalue weighted by molar-refractivity contribution is 6.31. The standard InChI is InChI=1S/C16H9ClN2O/c17-15-8-13(6-5-12(15)9-18)20-14-7-11-3-1-2-4-16(11)19-10-14/h1-8,10H. The molecule has 3 rings (SSSR count). The number of hydrogen-bond acceptors (Lipinski definition) is 3. The molecule has 2 aromatic carbocycles. The fourth-order valence-corrected chi connectivity index (χ4v) is 2.11. The number of hydrogen-bond donors (Lipinski definition) is 0. The third-order valence-electron chi connectivity index (χ3n) is 2.86. The lowest BCUT2D eigenvalue weighted by Crippen LogP contribution is -1.87. The van der Waals surface area contributed by atoms with Crippen molar-refractivity contribution in [3.8, 4) is 17.6 Å². The molecule has 96 valence electrons. The summed E-state index contributed by atoms with van der Waals surface area (Å²) < 4.78 is 5.71. The Bertz CT molecular complexity index is 824. The molecule has 0 unspecified atom stereocenters. The van der Waals surface area contributed by atoms with Crippen LogP contribution >= 0.6 is 11.6 Å². The molecule has 3 aromatic rings. The number of para-hydroxylation sites is 1. The molecule has 0 amide bonds. The maximum absolute atomic E-state index is 8.83. The molecule has 0 fully saturated rings. The lowest BCUT2D eigenvalue weighted by atomic mass is 10.2. The molecule has 0 saturated heterocycles. The molecule has 0 radical (unpaired) electrons. The molecule has 4 heteroatoms. The summed E-state index contributed by atoms with van der Waals surface area (Å²) in [4.78, 5) is 4.32. The van der Waals surface area contributed by atoms with Crippen LogP contribution in [0.4, 0.5) is 0 Å². The van der Waals surface area contributed by atoms with E-state index in [-0.39, 0.29) is 0 Å². The van der Waals surface area contributed by atoms with Crippen LogP contribution in [0.15, 0.2) is 54.7 Å². The topological polar surface area (TPSA) is 45.9 Å². The van der Waals surface area contributed by atoms with Gasteiger partial charge < -0.3 is 4.74 Å². The van der Waals surface area contributed by atoms with Gasteiger partial charge in [-0.3, -0.25) is 4.98 Å². The van der Waals surface area contributed by atoms with Crippen LogP contribution in [0.5, 0.6) is 11.5 Å². The number of fused-ring (bicyclic) bond motifs is 1. The minimum Gasteiger partial charge on any atom is -0.456 e. The third kappa shape index (κ3) is 2.42. The lowest BCUT2D eigenvalue weighted by Gasteiger charge is -2.07. The highest BCUT2D eigenvalue weighted by atomic mass is 35.5. The van der Waals surface area contributed by atoms with Crippen molar-refractivity contribution >= 4 is 22.5 Å². The van der Waals surface area contributed by atoms with E-state index >= 15 is 0 Å². The molecule has 1 heterocycles. The Hall–Kier alpha value is -2.57. The Labute approximate surface area is 121 Å². The zero-order valence-electron chi connectivity index (χ0n) is 10.4. The number of aromatic nitrogens is 1. The van der Waals surface area contributed by atoms with Gasteiger partial charge in [-0.2, -0.15) is 5.26 Å². The summed E-state index contributed by atoms with van der Waals surface area (Å²) in [6.45, 7) is 0. The molecule has 0 N–H and O–H groups in total.